The fourth-order valence-electron chi connectivity index (χ4n) is 4.96. The fraction of sp³-hybridized carbons (Fsp3) is 0.143. The van der Waals surface area contributed by atoms with Crippen LogP contribution in [0.5, 0.6) is 0 Å². The summed E-state index contributed by atoms with van der Waals surface area (Å²) < 4.78 is 32.9. The molecule has 0 aromatic heterocycles. The maximum Gasteiger partial charge on any atom is 0.294 e. The predicted molar refractivity (Wildman–Crippen MR) is 129 cm³/mol. The first kappa shape index (κ1) is 22.0. The van der Waals surface area contributed by atoms with Crippen LogP contribution >= 0.6 is 0 Å². The Bertz CT molecular complexity index is 1280. The lowest BCUT2D eigenvalue weighted by Crippen LogP contribution is -2.33. The van der Waals surface area contributed by atoms with E-state index in [0.717, 1.165) is 27.8 Å². The Morgan fingerprint density at radius 2 is 1.03 bits per heavy atom. The summed E-state index contributed by atoms with van der Waals surface area (Å²) in [4.78, 5) is -0.117. The Morgan fingerprint density at radius 1 is 0.625 bits per heavy atom. The van der Waals surface area contributed by atoms with Gasteiger partial charge in [-0.15, -0.1) is 0 Å². The molecule has 0 aliphatic heterocycles. The quantitative estimate of drug-likeness (QED) is 0.294. The fourth-order valence-corrected chi connectivity index (χ4v) is 5.44. The number of hydrogen-bond acceptors (Lipinski definition) is 2. The monoisotopic (exact) mass is 442 g/mol. The first-order chi connectivity index (χ1) is 15.2. The zero-order valence-electron chi connectivity index (χ0n) is 18.4. The molecular formula is C28H26O3S. The minimum absolute atomic E-state index is 0.117. The standard InChI is InChI=1S/C28H26O3S/c1-20-18-21(2)27(22(3)19-20)28(23-10-6-4-7-11-23,24-12-8-5-9-13-24)25-14-16-26(17-15-25)32(29,30)31/h4-19H,1-3H3,(H,29,30,31). The van der Waals surface area contributed by atoms with Gasteiger partial charge < -0.3 is 0 Å². The molecule has 0 bridgehead atoms. The van der Waals surface area contributed by atoms with Crippen molar-refractivity contribution < 1.29 is 13.0 Å². The molecule has 0 amide bonds. The van der Waals surface area contributed by atoms with Crippen LogP contribution in [0.4, 0.5) is 0 Å². The summed E-state index contributed by atoms with van der Waals surface area (Å²) in [7, 11) is -4.28. The summed E-state index contributed by atoms with van der Waals surface area (Å²) in [5.74, 6) is 0. The second-order valence-corrected chi connectivity index (χ2v) is 9.68. The van der Waals surface area contributed by atoms with Crippen LogP contribution in [0.15, 0.2) is 102 Å². The third kappa shape index (κ3) is 3.77. The molecule has 0 spiro atoms. The van der Waals surface area contributed by atoms with Gasteiger partial charge in [-0.1, -0.05) is 90.5 Å². The highest BCUT2D eigenvalue weighted by Crippen LogP contribution is 2.47. The number of hydrogen-bond donors (Lipinski definition) is 1. The highest BCUT2D eigenvalue weighted by atomic mass is 32.2. The number of rotatable bonds is 5. The summed E-state index contributed by atoms with van der Waals surface area (Å²) in [6, 6.07) is 31.5. The maximum atomic E-state index is 11.7. The maximum absolute atomic E-state index is 11.7. The first-order valence-corrected chi connectivity index (χ1v) is 12.0. The van der Waals surface area contributed by atoms with E-state index in [-0.39, 0.29) is 4.90 Å². The highest BCUT2D eigenvalue weighted by molar-refractivity contribution is 7.85. The zero-order chi connectivity index (χ0) is 22.9. The van der Waals surface area contributed by atoms with Gasteiger partial charge in [-0.25, -0.2) is 0 Å². The zero-order valence-corrected chi connectivity index (χ0v) is 19.2. The molecule has 32 heavy (non-hydrogen) atoms. The van der Waals surface area contributed by atoms with E-state index in [0.29, 0.717) is 0 Å². The van der Waals surface area contributed by atoms with Crippen molar-refractivity contribution in [2.45, 2.75) is 31.1 Å². The largest absolute Gasteiger partial charge is 0.294 e. The van der Waals surface area contributed by atoms with E-state index in [4.69, 9.17) is 0 Å². The van der Waals surface area contributed by atoms with Crippen molar-refractivity contribution in [3.05, 3.63) is 136 Å². The molecule has 4 rings (SSSR count). The van der Waals surface area contributed by atoms with Crippen LogP contribution in [-0.4, -0.2) is 13.0 Å². The summed E-state index contributed by atoms with van der Waals surface area (Å²) in [6.45, 7) is 6.35. The first-order valence-electron chi connectivity index (χ1n) is 10.5. The number of aryl methyl sites for hydroxylation is 3. The van der Waals surface area contributed by atoms with Gasteiger partial charge in [0, 0.05) is 0 Å². The van der Waals surface area contributed by atoms with Crippen molar-refractivity contribution in [3.8, 4) is 0 Å². The van der Waals surface area contributed by atoms with E-state index < -0.39 is 15.5 Å². The third-order valence-electron chi connectivity index (χ3n) is 6.05. The van der Waals surface area contributed by atoms with Crippen LogP contribution in [-0.2, 0) is 15.5 Å². The lowest BCUT2D eigenvalue weighted by Gasteiger charge is -2.39. The molecule has 0 aliphatic rings. The molecule has 0 aliphatic carbocycles. The minimum Gasteiger partial charge on any atom is -0.282 e. The van der Waals surface area contributed by atoms with Gasteiger partial charge in [0.05, 0.1) is 10.3 Å². The second kappa shape index (κ2) is 8.38. The SMILES string of the molecule is Cc1cc(C)c(C(c2ccccc2)(c2ccccc2)c2ccc(S(=O)(=O)O)cc2)c(C)c1. The molecule has 0 radical (unpaired) electrons. The van der Waals surface area contributed by atoms with E-state index >= 15 is 0 Å². The molecule has 1 N–H and O–H groups in total. The van der Waals surface area contributed by atoms with Crippen molar-refractivity contribution in [3.63, 3.8) is 0 Å². The van der Waals surface area contributed by atoms with Crippen LogP contribution in [0.2, 0.25) is 0 Å². The second-order valence-electron chi connectivity index (χ2n) is 8.26. The molecule has 0 saturated carbocycles. The van der Waals surface area contributed by atoms with Gasteiger partial charge >= 0.3 is 0 Å². The highest BCUT2D eigenvalue weighted by Gasteiger charge is 2.40. The summed E-state index contributed by atoms with van der Waals surface area (Å²) in [6.07, 6.45) is 0. The van der Waals surface area contributed by atoms with Gasteiger partial charge in [-0.2, -0.15) is 8.42 Å². The van der Waals surface area contributed by atoms with E-state index in [9.17, 15) is 13.0 Å². The van der Waals surface area contributed by atoms with E-state index in [1.807, 2.05) is 48.5 Å². The molecule has 0 saturated heterocycles. The molecule has 0 atom stereocenters. The van der Waals surface area contributed by atoms with Gasteiger partial charge in [0.1, 0.15) is 0 Å². The van der Waals surface area contributed by atoms with Crippen molar-refractivity contribution in [2.24, 2.45) is 0 Å². The Labute approximate surface area is 190 Å². The molecular weight excluding hydrogens is 416 g/mol. The third-order valence-corrected chi connectivity index (χ3v) is 6.92. The smallest absolute Gasteiger partial charge is 0.282 e. The Kier molecular flexibility index (Phi) is 5.76. The van der Waals surface area contributed by atoms with Crippen molar-refractivity contribution in [1.82, 2.24) is 0 Å². The minimum atomic E-state index is -4.28. The Hall–Kier alpha value is -3.21. The van der Waals surface area contributed by atoms with Gasteiger partial charge in [0.15, 0.2) is 0 Å². The molecule has 3 nitrogen and oxygen atoms in total. The average Bonchev–Trinajstić information content (AvgIpc) is 2.77. The van der Waals surface area contributed by atoms with Gasteiger partial charge in [-0.05, 0) is 66.3 Å². The average molecular weight is 443 g/mol. The van der Waals surface area contributed by atoms with Gasteiger partial charge in [-0.3, -0.25) is 4.55 Å². The normalized spacial score (nSPS) is 12.0. The van der Waals surface area contributed by atoms with E-state index in [1.165, 1.54) is 23.3 Å². The van der Waals surface area contributed by atoms with Crippen molar-refractivity contribution in [2.75, 3.05) is 0 Å². The van der Waals surface area contributed by atoms with Crippen molar-refractivity contribution in [1.29, 1.82) is 0 Å². The predicted octanol–water partition coefficient (Wildman–Crippen LogP) is 6.24. The van der Waals surface area contributed by atoms with E-state index in [1.54, 1.807) is 0 Å². The van der Waals surface area contributed by atoms with E-state index in [2.05, 4.69) is 57.2 Å². The Balaban J connectivity index is 2.18. The summed E-state index contributed by atoms with van der Waals surface area (Å²) >= 11 is 0. The molecule has 0 unspecified atom stereocenters. The molecule has 0 heterocycles. The topological polar surface area (TPSA) is 54.4 Å². The van der Waals surface area contributed by atoms with Crippen LogP contribution < -0.4 is 0 Å². The molecule has 4 heteroatoms. The van der Waals surface area contributed by atoms with Gasteiger partial charge in [0.25, 0.3) is 10.1 Å². The molecule has 4 aromatic carbocycles. The Morgan fingerprint density at radius 3 is 1.44 bits per heavy atom. The van der Waals surface area contributed by atoms with Gasteiger partial charge in [0.2, 0.25) is 0 Å². The molecule has 0 fully saturated rings. The van der Waals surface area contributed by atoms with Crippen molar-refractivity contribution >= 4 is 10.1 Å². The summed E-state index contributed by atoms with van der Waals surface area (Å²) in [5.41, 5.74) is 7.12. The lowest BCUT2D eigenvalue weighted by atomic mass is 9.63. The van der Waals surface area contributed by atoms with Crippen LogP contribution in [0.25, 0.3) is 0 Å². The molecule has 4 aromatic rings. The molecule has 162 valence electrons. The van der Waals surface area contributed by atoms with Crippen LogP contribution in [0, 0.1) is 20.8 Å². The van der Waals surface area contributed by atoms with Crippen LogP contribution in [0.3, 0.4) is 0 Å². The number of benzene rings is 4. The van der Waals surface area contributed by atoms with Crippen LogP contribution in [0.1, 0.15) is 38.9 Å². The summed E-state index contributed by atoms with van der Waals surface area (Å²) in [5, 5.41) is 0. The lowest BCUT2D eigenvalue weighted by molar-refractivity contribution is 0.483.